The van der Waals surface area contributed by atoms with Crippen molar-refractivity contribution in [1.29, 1.82) is 0 Å². The average molecular weight is 547 g/mol. The van der Waals surface area contributed by atoms with Crippen LogP contribution in [0.4, 0.5) is 14.6 Å². The molecule has 11 heteroatoms. The number of anilines is 1. The van der Waals surface area contributed by atoms with Crippen molar-refractivity contribution in [3.63, 3.8) is 0 Å². The molecule has 40 heavy (non-hydrogen) atoms. The van der Waals surface area contributed by atoms with E-state index in [0.717, 1.165) is 18.9 Å². The molecule has 3 aromatic heterocycles. The van der Waals surface area contributed by atoms with Crippen molar-refractivity contribution >= 4 is 23.2 Å². The van der Waals surface area contributed by atoms with Crippen LogP contribution >= 0.6 is 0 Å². The summed E-state index contributed by atoms with van der Waals surface area (Å²) in [7, 11) is 0. The number of nitrogens with zero attached hydrogens (tertiary/aromatic N) is 5. The Morgan fingerprint density at radius 2 is 1.80 bits per heavy atom. The molecule has 0 radical (unpaired) electrons. The molecule has 2 aliphatic heterocycles. The Morgan fingerprint density at radius 1 is 1.07 bits per heavy atom. The van der Waals surface area contributed by atoms with Gasteiger partial charge in [-0.15, -0.1) is 0 Å². The number of Topliss-reactive ketones (excluding diaryl/α,β-unsaturated/α-hetero) is 1. The van der Waals surface area contributed by atoms with E-state index in [2.05, 4.69) is 10.1 Å². The lowest BCUT2D eigenvalue weighted by Crippen LogP contribution is -2.49. The Labute approximate surface area is 228 Å². The molecule has 0 aliphatic carbocycles. The SMILES string of the molecule is CC(=O)c1c(C2C[C@H]3CC[C@H](C2)N3C(=O)[C@@H](C)O)nc2c(-c3ccc(-c4ccc(F)cc4F)nc3)cnn2c1N. The van der Waals surface area contributed by atoms with E-state index in [9.17, 15) is 23.5 Å². The number of nitrogens with two attached hydrogens (primary N) is 1. The Balaban J connectivity index is 1.39. The van der Waals surface area contributed by atoms with Crippen LogP contribution in [0.1, 0.15) is 61.5 Å². The van der Waals surface area contributed by atoms with Gasteiger partial charge in [-0.1, -0.05) is 6.07 Å². The summed E-state index contributed by atoms with van der Waals surface area (Å²) in [4.78, 5) is 36.6. The van der Waals surface area contributed by atoms with Crippen molar-refractivity contribution in [3.8, 4) is 22.4 Å². The Kier molecular flexibility index (Phi) is 6.33. The first kappa shape index (κ1) is 26.0. The number of aliphatic hydroxyl groups is 1. The molecule has 2 fully saturated rings. The number of aromatic nitrogens is 4. The van der Waals surface area contributed by atoms with Crippen LogP contribution in [0.5, 0.6) is 0 Å². The topological polar surface area (TPSA) is 127 Å². The first-order valence-electron chi connectivity index (χ1n) is 13.2. The smallest absolute Gasteiger partial charge is 0.251 e. The monoisotopic (exact) mass is 546 g/mol. The zero-order chi connectivity index (χ0) is 28.3. The second-order valence-electron chi connectivity index (χ2n) is 10.6. The van der Waals surface area contributed by atoms with Gasteiger partial charge in [0.05, 0.1) is 23.1 Å². The van der Waals surface area contributed by atoms with Crippen LogP contribution in [0.2, 0.25) is 0 Å². The predicted octanol–water partition coefficient (Wildman–Crippen LogP) is 4.14. The second-order valence-corrected chi connectivity index (χ2v) is 10.6. The van der Waals surface area contributed by atoms with Gasteiger partial charge in [0.15, 0.2) is 11.4 Å². The summed E-state index contributed by atoms with van der Waals surface area (Å²) in [5.41, 5.74) is 9.67. The number of piperidine rings is 1. The number of hydrogen-bond donors (Lipinski definition) is 2. The predicted molar refractivity (Wildman–Crippen MR) is 143 cm³/mol. The molecule has 9 nitrogen and oxygen atoms in total. The summed E-state index contributed by atoms with van der Waals surface area (Å²) >= 11 is 0. The van der Waals surface area contributed by atoms with E-state index in [-0.39, 0.29) is 41.1 Å². The fourth-order valence-electron chi connectivity index (χ4n) is 6.28. The lowest BCUT2D eigenvalue weighted by molar-refractivity contribution is -0.144. The summed E-state index contributed by atoms with van der Waals surface area (Å²) < 4.78 is 29.0. The molecule has 2 aliphatic rings. The van der Waals surface area contributed by atoms with E-state index in [4.69, 9.17) is 10.7 Å². The van der Waals surface area contributed by atoms with Crippen molar-refractivity contribution in [2.75, 3.05) is 5.73 Å². The lowest BCUT2D eigenvalue weighted by atomic mass is 9.85. The van der Waals surface area contributed by atoms with E-state index in [1.165, 1.54) is 30.5 Å². The van der Waals surface area contributed by atoms with Crippen molar-refractivity contribution in [2.45, 2.75) is 63.6 Å². The first-order chi connectivity index (χ1) is 19.1. The van der Waals surface area contributed by atoms with Gasteiger partial charge in [0.25, 0.3) is 5.91 Å². The highest BCUT2D eigenvalue weighted by Crippen LogP contribution is 2.45. The maximum atomic E-state index is 14.3. The number of aliphatic hydroxyl groups excluding tert-OH is 1. The summed E-state index contributed by atoms with van der Waals surface area (Å²) in [5, 5.41) is 14.3. The fourth-order valence-corrected chi connectivity index (χ4v) is 6.28. The number of benzene rings is 1. The molecule has 0 spiro atoms. The van der Waals surface area contributed by atoms with E-state index < -0.39 is 17.7 Å². The zero-order valence-electron chi connectivity index (χ0n) is 22.0. The highest BCUT2D eigenvalue weighted by Gasteiger charge is 2.45. The maximum absolute atomic E-state index is 14.3. The largest absolute Gasteiger partial charge is 0.384 e. The number of pyridine rings is 1. The van der Waals surface area contributed by atoms with E-state index in [1.807, 2.05) is 0 Å². The zero-order valence-corrected chi connectivity index (χ0v) is 22.0. The number of nitrogen functional groups attached to an aromatic ring is 1. The molecule has 3 atom stereocenters. The number of carbonyl (C=O) groups is 2. The van der Waals surface area contributed by atoms with Crippen LogP contribution in [0.15, 0.2) is 42.7 Å². The maximum Gasteiger partial charge on any atom is 0.251 e. The molecular weight excluding hydrogens is 518 g/mol. The molecule has 3 N–H and O–H groups in total. The molecule has 1 amide bonds. The first-order valence-corrected chi connectivity index (χ1v) is 13.2. The third kappa shape index (κ3) is 4.21. The van der Waals surface area contributed by atoms with Gasteiger partial charge in [0, 0.05) is 47.0 Å². The lowest BCUT2D eigenvalue weighted by Gasteiger charge is -2.39. The molecule has 1 aromatic carbocycles. The highest BCUT2D eigenvalue weighted by molar-refractivity contribution is 6.00. The highest BCUT2D eigenvalue weighted by atomic mass is 19.1. The van der Waals surface area contributed by atoms with Gasteiger partial charge in [0.1, 0.15) is 23.6 Å². The minimum Gasteiger partial charge on any atom is -0.384 e. The van der Waals surface area contributed by atoms with Crippen molar-refractivity contribution in [1.82, 2.24) is 24.5 Å². The molecule has 0 unspecified atom stereocenters. The molecule has 2 saturated heterocycles. The van der Waals surface area contributed by atoms with E-state index in [0.29, 0.717) is 46.6 Å². The van der Waals surface area contributed by atoms with Crippen LogP contribution in [0, 0.1) is 11.6 Å². The average Bonchev–Trinajstić information content (AvgIpc) is 3.46. The molecule has 4 aromatic rings. The number of amides is 1. The Bertz CT molecular complexity index is 1640. The molecule has 206 valence electrons. The number of fused-ring (bicyclic) bond motifs is 3. The minimum atomic E-state index is -1.06. The molecule has 0 saturated carbocycles. The van der Waals surface area contributed by atoms with Crippen molar-refractivity contribution in [2.24, 2.45) is 0 Å². The van der Waals surface area contributed by atoms with Crippen LogP contribution < -0.4 is 5.73 Å². The van der Waals surface area contributed by atoms with Crippen LogP contribution in [-0.4, -0.2) is 59.5 Å². The van der Waals surface area contributed by atoms with Gasteiger partial charge in [0.2, 0.25) is 0 Å². The van der Waals surface area contributed by atoms with Gasteiger partial charge in [-0.3, -0.25) is 14.6 Å². The summed E-state index contributed by atoms with van der Waals surface area (Å²) in [5.74, 6) is -1.78. The summed E-state index contributed by atoms with van der Waals surface area (Å²) in [6, 6.07) is 6.63. The van der Waals surface area contributed by atoms with Gasteiger partial charge in [-0.05, 0) is 57.7 Å². The van der Waals surface area contributed by atoms with Gasteiger partial charge in [-0.2, -0.15) is 9.61 Å². The van der Waals surface area contributed by atoms with Crippen molar-refractivity contribution < 1.29 is 23.5 Å². The number of hydrogen-bond acceptors (Lipinski definition) is 7. The van der Waals surface area contributed by atoms with Crippen LogP contribution in [-0.2, 0) is 4.79 Å². The molecule has 6 rings (SSSR count). The minimum absolute atomic E-state index is 0.0436. The number of ketones is 1. The number of rotatable bonds is 5. The second kappa shape index (κ2) is 9.74. The van der Waals surface area contributed by atoms with Crippen molar-refractivity contribution in [3.05, 3.63) is 65.6 Å². The Hall–Kier alpha value is -4.25. The van der Waals surface area contributed by atoms with Gasteiger partial charge >= 0.3 is 0 Å². The van der Waals surface area contributed by atoms with E-state index in [1.54, 1.807) is 29.4 Å². The standard InChI is InChI=1S/C29H28F2N6O3/c1-14(38)25-26(17-9-19-5-6-20(10-17)36(19)29(40)15(2)39)35-28-22(13-34-37(28)27(25)32)16-3-8-24(33-12-16)21-7-4-18(30)11-23(21)31/h3-4,7-8,11-13,15,17,19-20,39H,5-6,9-10,32H2,1-2H3/t15-,19-,20-/m1/s1. The quantitative estimate of drug-likeness (QED) is 0.360. The summed E-state index contributed by atoms with van der Waals surface area (Å²) in [6.45, 7) is 2.93. The summed E-state index contributed by atoms with van der Waals surface area (Å²) in [6.07, 6.45) is 4.98. The number of halogens is 2. The third-order valence-corrected chi connectivity index (χ3v) is 8.08. The van der Waals surface area contributed by atoms with Crippen LogP contribution in [0.3, 0.4) is 0 Å². The fraction of sp³-hybridized carbons (Fsp3) is 0.345. The van der Waals surface area contributed by atoms with Gasteiger partial charge < -0.3 is 15.7 Å². The molecule has 2 bridgehead atoms. The molecular formula is C29H28F2N6O3. The Morgan fingerprint density at radius 3 is 2.40 bits per heavy atom. The van der Waals surface area contributed by atoms with Gasteiger partial charge in [-0.25, -0.2) is 13.8 Å². The normalized spacial score (nSPS) is 21.1. The number of carbonyl (C=O) groups excluding carboxylic acids is 2. The van der Waals surface area contributed by atoms with E-state index >= 15 is 0 Å². The van der Waals surface area contributed by atoms with Crippen LogP contribution in [0.25, 0.3) is 28.0 Å². The molecule has 5 heterocycles. The third-order valence-electron chi connectivity index (χ3n) is 8.08.